The summed E-state index contributed by atoms with van der Waals surface area (Å²) >= 11 is 0. The van der Waals surface area contributed by atoms with E-state index in [-0.39, 0.29) is 29.7 Å². The second kappa shape index (κ2) is 4.10. The Hall–Kier alpha value is -0.280. The second-order valence-corrected chi connectivity index (χ2v) is 3.70. The molecule has 0 unspecified atom stereocenters. The highest BCUT2D eigenvalue weighted by Gasteiger charge is 2.39. The lowest BCUT2D eigenvalue weighted by Crippen LogP contribution is -2.30. The van der Waals surface area contributed by atoms with Crippen LogP contribution >= 0.6 is 12.4 Å². The largest absolute Gasteiger partial charge is 0.469 e. The predicted molar refractivity (Wildman–Crippen MR) is 49.4 cm³/mol. The van der Waals surface area contributed by atoms with Crippen molar-refractivity contribution in [3.05, 3.63) is 0 Å². The van der Waals surface area contributed by atoms with Gasteiger partial charge in [-0.25, -0.2) is 0 Å². The third-order valence-corrected chi connectivity index (χ3v) is 2.36. The molecule has 1 rings (SSSR count). The van der Waals surface area contributed by atoms with Gasteiger partial charge in [-0.1, -0.05) is 13.8 Å². The third-order valence-electron chi connectivity index (χ3n) is 2.36. The minimum Gasteiger partial charge on any atom is -0.469 e. The molecule has 0 aromatic heterocycles. The Morgan fingerprint density at radius 1 is 1.58 bits per heavy atom. The van der Waals surface area contributed by atoms with Crippen molar-refractivity contribution in [2.24, 2.45) is 11.3 Å². The Morgan fingerprint density at radius 3 is 2.50 bits per heavy atom. The van der Waals surface area contributed by atoms with Crippen molar-refractivity contribution in [3.63, 3.8) is 0 Å². The first kappa shape index (κ1) is 11.7. The van der Waals surface area contributed by atoms with Crippen molar-refractivity contribution < 1.29 is 9.53 Å². The zero-order valence-corrected chi connectivity index (χ0v) is 8.53. The number of ether oxygens (including phenoxy) is 1. The number of rotatable bonds is 1. The molecule has 0 aromatic rings. The molecule has 0 amide bonds. The van der Waals surface area contributed by atoms with Crippen LogP contribution in [0.2, 0.25) is 0 Å². The molecule has 0 bridgehead atoms. The number of methoxy groups -OCH3 is 1. The normalized spacial score (nSPS) is 26.1. The maximum atomic E-state index is 11.2. The molecule has 1 aliphatic rings. The molecule has 1 fully saturated rings. The number of nitrogens with one attached hydrogen (secondary N) is 1. The van der Waals surface area contributed by atoms with Gasteiger partial charge < -0.3 is 10.1 Å². The maximum Gasteiger partial charge on any atom is 0.310 e. The Morgan fingerprint density at radius 2 is 2.17 bits per heavy atom. The highest BCUT2D eigenvalue weighted by Crippen LogP contribution is 2.30. The van der Waals surface area contributed by atoms with Crippen LogP contribution in [-0.2, 0) is 9.53 Å². The molecular weight excluding hydrogens is 178 g/mol. The fourth-order valence-corrected chi connectivity index (χ4v) is 1.48. The molecule has 0 aromatic carbocycles. The average molecular weight is 194 g/mol. The van der Waals surface area contributed by atoms with E-state index in [1.165, 1.54) is 7.11 Å². The minimum atomic E-state index is -0.0972. The van der Waals surface area contributed by atoms with Gasteiger partial charge in [0.2, 0.25) is 0 Å². The van der Waals surface area contributed by atoms with Gasteiger partial charge in [-0.05, 0) is 5.41 Å². The smallest absolute Gasteiger partial charge is 0.310 e. The minimum absolute atomic E-state index is 0. The van der Waals surface area contributed by atoms with E-state index in [1.807, 2.05) is 0 Å². The predicted octanol–water partition coefficient (Wildman–Crippen LogP) is 0.827. The Balaban J connectivity index is 0.00000121. The zero-order valence-electron chi connectivity index (χ0n) is 7.72. The lowest BCUT2D eigenvalue weighted by Gasteiger charge is -2.22. The molecule has 12 heavy (non-hydrogen) atoms. The van der Waals surface area contributed by atoms with Crippen LogP contribution in [0.1, 0.15) is 13.8 Å². The van der Waals surface area contributed by atoms with Crippen molar-refractivity contribution in [2.75, 3.05) is 20.2 Å². The maximum absolute atomic E-state index is 11.2. The lowest BCUT2D eigenvalue weighted by atomic mass is 9.82. The van der Waals surface area contributed by atoms with E-state index in [1.54, 1.807) is 0 Å². The van der Waals surface area contributed by atoms with Crippen molar-refractivity contribution in [2.45, 2.75) is 13.8 Å². The molecular formula is C8H16ClNO2. The Bertz CT molecular complexity index is 170. The van der Waals surface area contributed by atoms with E-state index >= 15 is 0 Å². The van der Waals surface area contributed by atoms with Gasteiger partial charge in [0.15, 0.2) is 0 Å². The van der Waals surface area contributed by atoms with Crippen LogP contribution in [0.4, 0.5) is 0 Å². The van der Waals surface area contributed by atoms with Crippen LogP contribution in [0.15, 0.2) is 0 Å². The lowest BCUT2D eigenvalue weighted by molar-refractivity contribution is -0.147. The molecule has 1 saturated heterocycles. The number of hydrogen-bond acceptors (Lipinski definition) is 3. The van der Waals surface area contributed by atoms with Gasteiger partial charge >= 0.3 is 5.97 Å². The van der Waals surface area contributed by atoms with E-state index in [0.717, 1.165) is 13.1 Å². The van der Waals surface area contributed by atoms with Gasteiger partial charge in [0, 0.05) is 13.1 Å². The van der Waals surface area contributed by atoms with Crippen molar-refractivity contribution in [3.8, 4) is 0 Å². The topological polar surface area (TPSA) is 38.3 Å². The van der Waals surface area contributed by atoms with Gasteiger partial charge in [-0.2, -0.15) is 0 Å². The van der Waals surface area contributed by atoms with Crippen LogP contribution in [0.5, 0.6) is 0 Å². The molecule has 1 heterocycles. The summed E-state index contributed by atoms with van der Waals surface area (Å²) in [6.45, 7) is 5.80. The van der Waals surface area contributed by atoms with Crippen LogP contribution in [0, 0.1) is 11.3 Å². The molecule has 4 heteroatoms. The molecule has 1 N–H and O–H groups in total. The van der Waals surface area contributed by atoms with Crippen molar-refractivity contribution >= 4 is 18.4 Å². The monoisotopic (exact) mass is 193 g/mol. The fourth-order valence-electron chi connectivity index (χ4n) is 1.48. The number of carbonyl (C=O) groups excluding carboxylic acids is 1. The molecule has 72 valence electrons. The van der Waals surface area contributed by atoms with Gasteiger partial charge in [-0.15, -0.1) is 12.4 Å². The Labute approximate surface area is 79.3 Å². The first-order valence-corrected chi connectivity index (χ1v) is 3.86. The summed E-state index contributed by atoms with van der Waals surface area (Å²) in [4.78, 5) is 11.2. The van der Waals surface area contributed by atoms with E-state index in [0.29, 0.717) is 0 Å². The summed E-state index contributed by atoms with van der Waals surface area (Å²) in [5, 5.41) is 3.18. The van der Waals surface area contributed by atoms with E-state index in [9.17, 15) is 4.79 Å². The van der Waals surface area contributed by atoms with Gasteiger partial charge in [0.1, 0.15) is 0 Å². The third kappa shape index (κ3) is 2.11. The summed E-state index contributed by atoms with van der Waals surface area (Å²) in [5.74, 6) is -0.0764. The van der Waals surface area contributed by atoms with Crippen LogP contribution in [0.25, 0.3) is 0 Å². The van der Waals surface area contributed by atoms with E-state index < -0.39 is 0 Å². The van der Waals surface area contributed by atoms with Crippen molar-refractivity contribution in [1.29, 1.82) is 0 Å². The Kier molecular flexibility index (Phi) is 4.00. The molecule has 3 nitrogen and oxygen atoms in total. The average Bonchev–Trinajstić information content (AvgIpc) is 2.28. The number of esters is 1. The standard InChI is InChI=1S/C8H15NO2.ClH/c1-8(2)5-9-4-6(8)7(10)11-3;/h6,9H,4-5H2,1-3H3;1H/t6-;/m0./s1. The van der Waals surface area contributed by atoms with Crippen molar-refractivity contribution in [1.82, 2.24) is 5.32 Å². The highest BCUT2D eigenvalue weighted by atomic mass is 35.5. The summed E-state index contributed by atoms with van der Waals surface area (Å²) in [6, 6.07) is 0. The summed E-state index contributed by atoms with van der Waals surface area (Å²) in [5.41, 5.74) is 0.0487. The van der Waals surface area contributed by atoms with Gasteiger partial charge in [0.05, 0.1) is 13.0 Å². The van der Waals surface area contributed by atoms with Gasteiger partial charge in [0.25, 0.3) is 0 Å². The second-order valence-electron chi connectivity index (χ2n) is 3.70. The molecule has 0 saturated carbocycles. The number of carbonyl (C=O) groups is 1. The fraction of sp³-hybridized carbons (Fsp3) is 0.875. The molecule has 1 atom stereocenters. The van der Waals surface area contributed by atoms with E-state index in [2.05, 4.69) is 19.2 Å². The quantitative estimate of drug-likeness (QED) is 0.627. The summed E-state index contributed by atoms with van der Waals surface area (Å²) in [6.07, 6.45) is 0. The first-order valence-electron chi connectivity index (χ1n) is 3.86. The summed E-state index contributed by atoms with van der Waals surface area (Å²) < 4.78 is 4.69. The SMILES string of the molecule is COC(=O)[C@@H]1CNCC1(C)C.Cl. The highest BCUT2D eigenvalue weighted by molar-refractivity contribution is 5.85. The zero-order chi connectivity index (χ0) is 8.48. The molecule has 0 spiro atoms. The van der Waals surface area contributed by atoms with Crippen LogP contribution in [0.3, 0.4) is 0 Å². The van der Waals surface area contributed by atoms with E-state index in [4.69, 9.17) is 4.74 Å². The molecule has 0 aliphatic carbocycles. The summed E-state index contributed by atoms with van der Waals surface area (Å²) in [7, 11) is 1.44. The molecule has 0 radical (unpaired) electrons. The van der Waals surface area contributed by atoms with Gasteiger partial charge in [-0.3, -0.25) is 4.79 Å². The first-order chi connectivity index (χ1) is 5.08. The number of hydrogen-bond donors (Lipinski definition) is 1. The number of halogens is 1. The van der Waals surface area contributed by atoms with Crippen LogP contribution < -0.4 is 5.32 Å². The molecule has 1 aliphatic heterocycles. The van der Waals surface area contributed by atoms with Crippen LogP contribution in [-0.4, -0.2) is 26.2 Å².